The Morgan fingerprint density at radius 3 is 2.67 bits per heavy atom. The zero-order valence-electron chi connectivity index (χ0n) is 14.9. The van der Waals surface area contributed by atoms with Gasteiger partial charge < -0.3 is 14.3 Å². The van der Waals surface area contributed by atoms with Crippen molar-refractivity contribution in [3.05, 3.63) is 18.2 Å². The second-order valence-corrected chi connectivity index (χ2v) is 8.02. The molecule has 2 unspecified atom stereocenters. The number of aromatic nitrogens is 2. The fraction of sp³-hybridized carbons (Fsp3) is 0.722. The van der Waals surface area contributed by atoms with Gasteiger partial charge in [-0.2, -0.15) is 0 Å². The summed E-state index contributed by atoms with van der Waals surface area (Å²) in [5.74, 6) is 1.70. The van der Waals surface area contributed by atoms with Gasteiger partial charge in [0, 0.05) is 37.7 Å². The molecule has 1 aliphatic carbocycles. The van der Waals surface area contributed by atoms with Crippen molar-refractivity contribution in [2.45, 2.75) is 52.2 Å². The second-order valence-electron chi connectivity index (χ2n) is 8.02. The number of carbonyl (C=O) groups excluding carboxylic acids is 1. The number of likely N-dealkylation sites (tertiary alicyclic amines) is 1. The molecule has 1 aromatic heterocycles. The number of hydrogen-bond donors (Lipinski definition) is 0. The van der Waals surface area contributed by atoms with Gasteiger partial charge in [0.2, 0.25) is 0 Å². The zero-order chi connectivity index (χ0) is 17.1. The van der Waals surface area contributed by atoms with E-state index in [-0.39, 0.29) is 11.5 Å². The van der Waals surface area contributed by atoms with Crippen molar-refractivity contribution in [1.82, 2.24) is 14.5 Å². The fourth-order valence-corrected chi connectivity index (χ4v) is 4.06. The lowest BCUT2D eigenvalue weighted by Gasteiger charge is -2.20. The molecule has 130 valence electrons. The van der Waals surface area contributed by atoms with Gasteiger partial charge in [-0.05, 0) is 39.0 Å². The molecule has 3 heterocycles. The normalized spacial score (nSPS) is 34.3. The van der Waals surface area contributed by atoms with E-state index in [0.717, 1.165) is 25.9 Å². The summed E-state index contributed by atoms with van der Waals surface area (Å²) in [4.78, 5) is 24.5. The molecule has 6 heteroatoms. The number of oxime groups is 1. The predicted octanol–water partition coefficient (Wildman–Crippen LogP) is 2.73. The smallest absolute Gasteiger partial charge is 0.274 e. The van der Waals surface area contributed by atoms with Crippen molar-refractivity contribution in [3.63, 3.8) is 0 Å². The molecule has 0 radical (unpaired) electrons. The van der Waals surface area contributed by atoms with Crippen LogP contribution in [0.4, 0.5) is 0 Å². The Labute approximate surface area is 142 Å². The van der Waals surface area contributed by atoms with Crippen LogP contribution < -0.4 is 0 Å². The third kappa shape index (κ3) is 2.43. The molecule has 0 N–H and O–H groups in total. The molecule has 1 saturated carbocycles. The number of fused-ring (bicyclic) bond motifs is 1. The number of nitrogens with zero attached hydrogens (tertiary/aromatic N) is 4. The second kappa shape index (κ2) is 5.33. The van der Waals surface area contributed by atoms with Crippen molar-refractivity contribution >= 4 is 11.6 Å². The van der Waals surface area contributed by atoms with Gasteiger partial charge in [-0.25, -0.2) is 4.98 Å². The average molecular weight is 330 g/mol. The quantitative estimate of drug-likeness (QED) is 0.853. The summed E-state index contributed by atoms with van der Waals surface area (Å²) >= 11 is 0. The lowest BCUT2D eigenvalue weighted by Crippen LogP contribution is -2.33. The number of piperidine rings is 1. The van der Waals surface area contributed by atoms with Crippen molar-refractivity contribution in [2.75, 3.05) is 13.1 Å². The Morgan fingerprint density at radius 1 is 1.42 bits per heavy atom. The monoisotopic (exact) mass is 330 g/mol. The van der Waals surface area contributed by atoms with Crippen LogP contribution in [0.1, 0.15) is 57.1 Å². The molecule has 1 aromatic rings. The highest BCUT2D eigenvalue weighted by molar-refractivity contribution is 5.94. The van der Waals surface area contributed by atoms with Gasteiger partial charge in [0.25, 0.3) is 5.91 Å². The van der Waals surface area contributed by atoms with E-state index >= 15 is 0 Å². The molecular formula is C18H26N4O2. The van der Waals surface area contributed by atoms with Crippen molar-refractivity contribution in [2.24, 2.45) is 22.9 Å². The first-order valence-electron chi connectivity index (χ1n) is 8.99. The van der Waals surface area contributed by atoms with Crippen LogP contribution in [-0.4, -0.2) is 44.8 Å². The Kier molecular flexibility index (Phi) is 3.48. The van der Waals surface area contributed by atoms with Crippen LogP contribution in [0.3, 0.4) is 0 Å². The third-order valence-corrected chi connectivity index (χ3v) is 5.97. The highest BCUT2D eigenvalue weighted by atomic mass is 16.7. The van der Waals surface area contributed by atoms with E-state index in [1.54, 1.807) is 6.33 Å². The van der Waals surface area contributed by atoms with E-state index < -0.39 is 0 Å². The first-order valence-corrected chi connectivity index (χ1v) is 8.99. The number of hydrogen-bond acceptors (Lipinski definition) is 4. The maximum Gasteiger partial charge on any atom is 0.274 e. The molecule has 0 spiro atoms. The first kappa shape index (κ1) is 15.7. The van der Waals surface area contributed by atoms with Crippen molar-refractivity contribution in [3.8, 4) is 0 Å². The zero-order valence-corrected chi connectivity index (χ0v) is 14.9. The topological polar surface area (TPSA) is 59.7 Å². The molecule has 24 heavy (non-hydrogen) atoms. The molecule has 4 rings (SSSR count). The maximum atomic E-state index is 12.6. The van der Waals surface area contributed by atoms with Gasteiger partial charge in [-0.3, -0.25) is 4.79 Å². The van der Waals surface area contributed by atoms with Gasteiger partial charge >= 0.3 is 0 Å². The molecule has 1 saturated heterocycles. The van der Waals surface area contributed by atoms with E-state index in [9.17, 15) is 4.79 Å². The number of carbonyl (C=O) groups is 1. The average Bonchev–Trinajstić information content (AvgIpc) is 3.05. The Morgan fingerprint density at radius 2 is 2.12 bits per heavy atom. The molecule has 0 bridgehead atoms. The van der Waals surface area contributed by atoms with E-state index in [4.69, 9.17) is 4.84 Å². The van der Waals surface area contributed by atoms with Crippen LogP contribution in [-0.2, 0) is 4.84 Å². The van der Waals surface area contributed by atoms with Crippen LogP contribution in [0.2, 0.25) is 0 Å². The number of imidazole rings is 1. The van der Waals surface area contributed by atoms with Crippen LogP contribution in [0.25, 0.3) is 0 Å². The summed E-state index contributed by atoms with van der Waals surface area (Å²) in [6, 6.07) is 0.323. The minimum atomic E-state index is -0.120. The summed E-state index contributed by atoms with van der Waals surface area (Å²) in [5, 5.41) is 4.35. The molecule has 6 nitrogen and oxygen atoms in total. The highest BCUT2D eigenvalue weighted by Gasteiger charge is 2.60. The van der Waals surface area contributed by atoms with E-state index in [2.05, 4.69) is 37.8 Å². The van der Waals surface area contributed by atoms with Crippen molar-refractivity contribution < 1.29 is 9.63 Å². The Balaban J connectivity index is 1.36. The summed E-state index contributed by atoms with van der Waals surface area (Å²) in [6.07, 6.45) is 5.52. The van der Waals surface area contributed by atoms with E-state index in [1.165, 1.54) is 5.71 Å². The van der Waals surface area contributed by atoms with Crippen LogP contribution in [0.5, 0.6) is 0 Å². The van der Waals surface area contributed by atoms with Gasteiger partial charge in [0.1, 0.15) is 11.3 Å². The van der Waals surface area contributed by atoms with Crippen LogP contribution >= 0.6 is 0 Å². The van der Waals surface area contributed by atoms with Crippen LogP contribution in [0.15, 0.2) is 17.7 Å². The van der Waals surface area contributed by atoms with Gasteiger partial charge in [-0.1, -0.05) is 12.1 Å². The maximum absolute atomic E-state index is 12.6. The van der Waals surface area contributed by atoms with Crippen LogP contribution in [0, 0.1) is 17.8 Å². The largest absolute Gasteiger partial charge is 0.389 e. The first-order chi connectivity index (χ1) is 11.4. The molecule has 1 amide bonds. The van der Waals surface area contributed by atoms with Gasteiger partial charge in [0.15, 0.2) is 0 Å². The summed E-state index contributed by atoms with van der Waals surface area (Å²) < 4.78 is 1.98. The molecule has 2 fully saturated rings. The fourth-order valence-electron chi connectivity index (χ4n) is 4.06. The minimum absolute atomic E-state index is 0.0587. The van der Waals surface area contributed by atoms with E-state index in [0.29, 0.717) is 29.5 Å². The number of rotatable bonds is 4. The summed E-state index contributed by atoms with van der Waals surface area (Å²) in [7, 11) is 0. The van der Waals surface area contributed by atoms with Crippen molar-refractivity contribution in [1.29, 1.82) is 0 Å². The highest BCUT2D eigenvalue weighted by Crippen LogP contribution is 2.54. The van der Waals surface area contributed by atoms with Gasteiger partial charge in [-0.15, -0.1) is 0 Å². The molecule has 3 atom stereocenters. The Bertz CT molecular complexity index is 683. The van der Waals surface area contributed by atoms with E-state index in [1.807, 2.05) is 15.7 Å². The predicted molar refractivity (Wildman–Crippen MR) is 90.8 cm³/mol. The number of amides is 1. The summed E-state index contributed by atoms with van der Waals surface area (Å²) in [5.41, 5.74) is 1.65. The third-order valence-electron chi connectivity index (χ3n) is 5.97. The molecule has 2 aliphatic heterocycles. The molecule has 0 aromatic carbocycles. The molecular weight excluding hydrogens is 304 g/mol. The lowest BCUT2D eigenvalue weighted by atomic mass is 9.94. The molecule has 3 aliphatic rings. The lowest BCUT2D eigenvalue weighted by molar-refractivity contribution is -0.00605. The minimum Gasteiger partial charge on any atom is -0.389 e. The summed E-state index contributed by atoms with van der Waals surface area (Å²) in [6.45, 7) is 10.1. The van der Waals surface area contributed by atoms with Gasteiger partial charge in [0.05, 0.1) is 12.0 Å². The standard InChI is InChI=1S/C18H26N4O2/c1-5-18(4)6-14(20-24-18)16-12-7-21(8-13(12)16)17(23)15-9-22(10-19-15)11(2)3/h9-13,16H,5-8H2,1-4H3/t12?,13?,16?,18-/m1/s1. The SMILES string of the molecule is CC[C@]1(C)CC(C2C3CN(C(=O)c4cn(C(C)C)cn4)CC32)=NO1. The Hall–Kier alpha value is -1.85.